The lowest BCUT2D eigenvalue weighted by Gasteiger charge is -2.03. The fourth-order valence-electron chi connectivity index (χ4n) is 1.65. The van der Waals surface area contributed by atoms with E-state index in [9.17, 15) is 0 Å². The normalized spacial score (nSPS) is 10.9. The summed E-state index contributed by atoms with van der Waals surface area (Å²) >= 11 is 1.37. The Morgan fingerprint density at radius 2 is 2.25 bits per heavy atom. The van der Waals surface area contributed by atoms with Crippen molar-refractivity contribution in [3.05, 3.63) is 22.7 Å². The van der Waals surface area contributed by atoms with Gasteiger partial charge in [-0.15, -0.1) is 11.3 Å². The Morgan fingerprint density at radius 3 is 2.88 bits per heavy atom. The van der Waals surface area contributed by atoms with Gasteiger partial charge in [-0.05, 0) is 24.5 Å². The maximum absolute atomic E-state index is 8.89. The van der Waals surface area contributed by atoms with Gasteiger partial charge in [-0.3, -0.25) is 0 Å². The molecule has 82 valence electrons. The number of nitrogen functional groups attached to an aromatic ring is 1. The Labute approximate surface area is 98.5 Å². The molecule has 2 rings (SSSR count). The van der Waals surface area contributed by atoms with Gasteiger partial charge in [0.2, 0.25) is 0 Å². The standard InChI is InChI=1S/C12H13N3S/c1-7(2)5-8-3-4-9-11(14)10(6-13)16-12(9)15-8/h3-4,7H,5,14H2,1-2H3. The molecular formula is C12H13N3S. The lowest BCUT2D eigenvalue weighted by atomic mass is 10.1. The van der Waals surface area contributed by atoms with Crippen molar-refractivity contribution in [3.63, 3.8) is 0 Å². The van der Waals surface area contributed by atoms with Crippen LogP contribution in [0.1, 0.15) is 24.4 Å². The van der Waals surface area contributed by atoms with E-state index in [1.807, 2.05) is 12.1 Å². The highest BCUT2D eigenvalue weighted by atomic mass is 32.1. The fourth-order valence-corrected chi connectivity index (χ4v) is 2.56. The molecule has 0 spiro atoms. The molecule has 0 atom stereocenters. The number of nitriles is 1. The van der Waals surface area contributed by atoms with Crippen molar-refractivity contribution in [2.45, 2.75) is 20.3 Å². The molecule has 0 unspecified atom stereocenters. The highest BCUT2D eigenvalue weighted by Crippen LogP contribution is 2.31. The SMILES string of the molecule is CC(C)Cc1ccc2c(N)c(C#N)sc2n1. The maximum atomic E-state index is 8.89. The minimum Gasteiger partial charge on any atom is -0.396 e. The summed E-state index contributed by atoms with van der Waals surface area (Å²) in [6.07, 6.45) is 0.954. The molecule has 2 heterocycles. The first kappa shape index (κ1) is 10.9. The van der Waals surface area contributed by atoms with Crippen molar-refractivity contribution in [3.8, 4) is 6.07 Å². The van der Waals surface area contributed by atoms with Gasteiger partial charge >= 0.3 is 0 Å². The minimum atomic E-state index is 0.559. The Balaban J connectivity index is 2.51. The van der Waals surface area contributed by atoms with E-state index in [0.717, 1.165) is 22.3 Å². The van der Waals surface area contributed by atoms with Gasteiger partial charge in [0.15, 0.2) is 0 Å². The van der Waals surface area contributed by atoms with E-state index in [4.69, 9.17) is 11.0 Å². The third-order valence-electron chi connectivity index (χ3n) is 2.37. The topological polar surface area (TPSA) is 62.7 Å². The second kappa shape index (κ2) is 4.11. The van der Waals surface area contributed by atoms with Gasteiger partial charge in [-0.25, -0.2) is 4.98 Å². The van der Waals surface area contributed by atoms with Gasteiger partial charge in [0.05, 0.1) is 5.69 Å². The minimum absolute atomic E-state index is 0.559. The van der Waals surface area contributed by atoms with Crippen LogP contribution in [0.25, 0.3) is 10.2 Å². The summed E-state index contributed by atoms with van der Waals surface area (Å²) < 4.78 is 0. The Hall–Kier alpha value is -1.60. The first-order valence-electron chi connectivity index (χ1n) is 5.19. The number of hydrogen-bond donors (Lipinski definition) is 1. The summed E-state index contributed by atoms with van der Waals surface area (Å²) in [5.41, 5.74) is 7.47. The third kappa shape index (κ3) is 1.86. The molecule has 2 N–H and O–H groups in total. The van der Waals surface area contributed by atoms with E-state index in [2.05, 4.69) is 24.9 Å². The summed E-state index contributed by atoms with van der Waals surface area (Å²) in [6.45, 7) is 4.32. The molecular weight excluding hydrogens is 218 g/mol. The van der Waals surface area contributed by atoms with E-state index in [1.54, 1.807) is 0 Å². The molecule has 16 heavy (non-hydrogen) atoms. The first-order valence-corrected chi connectivity index (χ1v) is 6.01. The number of nitrogens with two attached hydrogens (primary N) is 1. The van der Waals surface area contributed by atoms with Gasteiger partial charge in [-0.2, -0.15) is 5.26 Å². The molecule has 0 fully saturated rings. The number of thiophene rings is 1. The highest BCUT2D eigenvalue weighted by Gasteiger charge is 2.10. The molecule has 3 nitrogen and oxygen atoms in total. The van der Waals surface area contributed by atoms with E-state index in [1.165, 1.54) is 11.3 Å². The predicted octanol–water partition coefficient (Wildman–Crippen LogP) is 2.95. The van der Waals surface area contributed by atoms with Crippen molar-refractivity contribution in [2.24, 2.45) is 5.92 Å². The van der Waals surface area contributed by atoms with Crippen LogP contribution in [0, 0.1) is 17.2 Å². The number of nitrogens with zero attached hydrogens (tertiary/aromatic N) is 2. The average Bonchev–Trinajstić information content (AvgIpc) is 2.54. The first-order chi connectivity index (χ1) is 7.61. The van der Waals surface area contributed by atoms with Crippen LogP contribution in [-0.2, 0) is 6.42 Å². The van der Waals surface area contributed by atoms with Crippen molar-refractivity contribution in [1.82, 2.24) is 4.98 Å². The van der Waals surface area contributed by atoms with E-state index < -0.39 is 0 Å². The van der Waals surface area contributed by atoms with Crippen molar-refractivity contribution < 1.29 is 0 Å². The van der Waals surface area contributed by atoms with E-state index in [0.29, 0.717) is 16.5 Å². The quantitative estimate of drug-likeness (QED) is 0.864. The summed E-state index contributed by atoms with van der Waals surface area (Å²) in [7, 11) is 0. The molecule has 0 bridgehead atoms. The molecule has 0 radical (unpaired) electrons. The third-order valence-corrected chi connectivity index (χ3v) is 3.39. The van der Waals surface area contributed by atoms with Crippen LogP contribution < -0.4 is 5.73 Å². The molecule has 0 aromatic carbocycles. The van der Waals surface area contributed by atoms with Crippen LogP contribution in [-0.4, -0.2) is 4.98 Å². The number of hydrogen-bond acceptors (Lipinski definition) is 4. The lowest BCUT2D eigenvalue weighted by molar-refractivity contribution is 0.637. The van der Waals surface area contributed by atoms with E-state index in [-0.39, 0.29) is 0 Å². The van der Waals surface area contributed by atoms with Crippen molar-refractivity contribution >= 4 is 27.2 Å². The monoisotopic (exact) mass is 231 g/mol. The summed E-state index contributed by atoms with van der Waals surface area (Å²) in [6, 6.07) is 6.06. The summed E-state index contributed by atoms with van der Waals surface area (Å²) in [4.78, 5) is 5.96. The second-order valence-corrected chi connectivity index (χ2v) is 5.21. The second-order valence-electron chi connectivity index (χ2n) is 4.21. The zero-order valence-electron chi connectivity index (χ0n) is 9.32. The zero-order valence-corrected chi connectivity index (χ0v) is 10.1. The van der Waals surface area contributed by atoms with Crippen LogP contribution >= 0.6 is 11.3 Å². The fraction of sp³-hybridized carbons (Fsp3) is 0.333. The zero-order chi connectivity index (χ0) is 11.7. The molecule has 0 saturated carbocycles. The van der Waals surface area contributed by atoms with Gasteiger partial charge in [0.25, 0.3) is 0 Å². The number of anilines is 1. The van der Waals surface area contributed by atoms with Crippen molar-refractivity contribution in [2.75, 3.05) is 5.73 Å². The molecule has 0 aliphatic rings. The van der Waals surface area contributed by atoms with Gasteiger partial charge in [-0.1, -0.05) is 13.8 Å². The van der Waals surface area contributed by atoms with Crippen LogP contribution in [0.5, 0.6) is 0 Å². The smallest absolute Gasteiger partial charge is 0.130 e. The van der Waals surface area contributed by atoms with Gasteiger partial charge in [0.1, 0.15) is 15.8 Å². The Bertz CT molecular complexity index is 563. The molecule has 2 aromatic rings. The van der Waals surface area contributed by atoms with Crippen molar-refractivity contribution in [1.29, 1.82) is 5.26 Å². The number of fused-ring (bicyclic) bond motifs is 1. The Kier molecular flexibility index (Phi) is 2.80. The predicted molar refractivity (Wildman–Crippen MR) is 67.3 cm³/mol. The van der Waals surface area contributed by atoms with E-state index >= 15 is 0 Å². The average molecular weight is 231 g/mol. The van der Waals surface area contributed by atoms with Crippen LogP contribution in [0.4, 0.5) is 5.69 Å². The molecule has 2 aromatic heterocycles. The number of aromatic nitrogens is 1. The molecule has 0 saturated heterocycles. The van der Waals surface area contributed by atoms with Crippen LogP contribution in [0.3, 0.4) is 0 Å². The molecule has 0 aliphatic heterocycles. The summed E-state index contributed by atoms with van der Waals surface area (Å²) in [5, 5.41) is 9.78. The molecule has 4 heteroatoms. The highest BCUT2D eigenvalue weighted by molar-refractivity contribution is 7.19. The maximum Gasteiger partial charge on any atom is 0.130 e. The molecule has 0 amide bonds. The number of pyridine rings is 1. The number of rotatable bonds is 2. The molecule has 0 aliphatic carbocycles. The Morgan fingerprint density at radius 1 is 1.50 bits per heavy atom. The summed E-state index contributed by atoms with van der Waals surface area (Å²) in [5.74, 6) is 0.581. The lowest BCUT2D eigenvalue weighted by Crippen LogP contribution is -1.96. The van der Waals surface area contributed by atoms with Gasteiger partial charge in [0, 0.05) is 11.1 Å². The van der Waals surface area contributed by atoms with Gasteiger partial charge < -0.3 is 5.73 Å². The van der Waals surface area contributed by atoms with Crippen LogP contribution in [0.2, 0.25) is 0 Å². The van der Waals surface area contributed by atoms with Crippen LogP contribution in [0.15, 0.2) is 12.1 Å². The largest absolute Gasteiger partial charge is 0.396 e.